The van der Waals surface area contributed by atoms with Crippen LogP contribution in [0.1, 0.15) is 50.2 Å². The van der Waals surface area contributed by atoms with Crippen LogP contribution in [0.25, 0.3) is 0 Å². The maximum atomic E-state index is 13.2. The zero-order chi connectivity index (χ0) is 22.2. The van der Waals surface area contributed by atoms with Crippen LogP contribution in [-0.4, -0.2) is 34.6 Å². The first-order valence-electron chi connectivity index (χ1n) is 11.0. The molecule has 1 N–H and O–H groups in total. The molecular weight excluding hydrogens is 428 g/mol. The molecule has 0 heterocycles. The third kappa shape index (κ3) is 7.01. The number of carbonyl (C=O) groups is 2. The number of thioether (sulfide) groups is 1. The third-order valence-electron chi connectivity index (χ3n) is 5.90. The zero-order valence-electron chi connectivity index (χ0n) is 18.3. The van der Waals surface area contributed by atoms with Gasteiger partial charge in [0.05, 0.1) is 5.75 Å². The molecule has 0 saturated heterocycles. The van der Waals surface area contributed by atoms with Gasteiger partial charge in [0.2, 0.25) is 11.8 Å². The molecule has 2 aromatic rings. The van der Waals surface area contributed by atoms with Crippen molar-refractivity contribution >= 4 is 35.2 Å². The first-order valence-corrected chi connectivity index (χ1v) is 12.3. The Labute approximate surface area is 194 Å². The second-order valence-electron chi connectivity index (χ2n) is 8.21. The minimum Gasteiger partial charge on any atom is -0.352 e. The standard InChI is InChI=1S/C25H31ClN2O2S/c1-18-8-6-7-9-20(18)16-28(19(2)25(30)27-22-10-4-3-5-11-22)24(29)17-31-23-14-12-21(26)13-15-23/h6-9,12-15,19,22H,3-5,10-11,16-17H2,1-2H3,(H,27,30)/t19-/m1/s1. The van der Waals surface area contributed by atoms with Crippen LogP contribution in [0.5, 0.6) is 0 Å². The van der Waals surface area contributed by atoms with Crippen molar-refractivity contribution in [2.24, 2.45) is 0 Å². The van der Waals surface area contributed by atoms with E-state index in [4.69, 9.17) is 11.6 Å². The minimum atomic E-state index is -0.528. The molecule has 0 aliphatic heterocycles. The van der Waals surface area contributed by atoms with Crippen molar-refractivity contribution in [3.05, 3.63) is 64.7 Å². The Kier molecular flexibility index (Phi) is 8.85. The summed E-state index contributed by atoms with van der Waals surface area (Å²) in [5.74, 6) is 0.161. The fourth-order valence-electron chi connectivity index (χ4n) is 3.88. The van der Waals surface area contributed by atoms with Crippen LogP contribution in [-0.2, 0) is 16.1 Å². The zero-order valence-corrected chi connectivity index (χ0v) is 19.8. The summed E-state index contributed by atoms with van der Waals surface area (Å²) in [7, 11) is 0. The Balaban J connectivity index is 1.71. The van der Waals surface area contributed by atoms with E-state index in [-0.39, 0.29) is 23.6 Å². The number of carbonyl (C=O) groups excluding carboxylic acids is 2. The number of amides is 2. The molecule has 4 nitrogen and oxygen atoms in total. The topological polar surface area (TPSA) is 49.4 Å². The van der Waals surface area contributed by atoms with Crippen LogP contribution in [0, 0.1) is 6.92 Å². The average molecular weight is 459 g/mol. The predicted molar refractivity (Wildman–Crippen MR) is 128 cm³/mol. The summed E-state index contributed by atoms with van der Waals surface area (Å²) >= 11 is 7.42. The van der Waals surface area contributed by atoms with E-state index in [1.807, 2.05) is 62.4 Å². The van der Waals surface area contributed by atoms with Gasteiger partial charge in [0, 0.05) is 22.5 Å². The van der Waals surface area contributed by atoms with Gasteiger partial charge in [0.25, 0.3) is 0 Å². The predicted octanol–water partition coefficient (Wildman–Crippen LogP) is 5.61. The molecule has 6 heteroatoms. The van der Waals surface area contributed by atoms with E-state index in [0.29, 0.717) is 11.6 Å². The van der Waals surface area contributed by atoms with Gasteiger partial charge in [-0.3, -0.25) is 9.59 Å². The van der Waals surface area contributed by atoms with Gasteiger partial charge in [0.1, 0.15) is 6.04 Å². The number of hydrogen-bond donors (Lipinski definition) is 1. The van der Waals surface area contributed by atoms with Gasteiger partial charge in [0.15, 0.2) is 0 Å². The lowest BCUT2D eigenvalue weighted by Crippen LogP contribution is -2.50. The minimum absolute atomic E-state index is 0.0468. The molecule has 1 atom stereocenters. The van der Waals surface area contributed by atoms with Crippen molar-refractivity contribution in [1.29, 1.82) is 0 Å². The Hall–Kier alpha value is -1.98. The SMILES string of the molecule is Cc1ccccc1CN(C(=O)CSc1ccc(Cl)cc1)[C@H](C)C(=O)NC1CCCCC1. The van der Waals surface area contributed by atoms with E-state index in [2.05, 4.69) is 5.32 Å². The Morgan fingerprint density at radius 3 is 2.45 bits per heavy atom. The molecule has 3 rings (SSSR count). The Bertz CT molecular complexity index is 881. The molecule has 2 amide bonds. The molecule has 1 saturated carbocycles. The van der Waals surface area contributed by atoms with Gasteiger partial charge in [-0.1, -0.05) is 55.1 Å². The molecular formula is C25H31ClN2O2S. The first-order chi connectivity index (χ1) is 14.9. The van der Waals surface area contributed by atoms with Crippen LogP contribution in [0.3, 0.4) is 0 Å². The van der Waals surface area contributed by atoms with Crippen molar-refractivity contribution in [3.8, 4) is 0 Å². The number of nitrogens with zero attached hydrogens (tertiary/aromatic N) is 1. The lowest BCUT2D eigenvalue weighted by atomic mass is 9.95. The van der Waals surface area contributed by atoms with Gasteiger partial charge < -0.3 is 10.2 Å². The molecule has 2 aromatic carbocycles. The summed E-state index contributed by atoms with van der Waals surface area (Å²) in [5.41, 5.74) is 2.18. The van der Waals surface area contributed by atoms with Crippen molar-refractivity contribution in [1.82, 2.24) is 10.2 Å². The quantitative estimate of drug-likeness (QED) is 0.523. The molecule has 0 spiro atoms. The number of nitrogens with one attached hydrogen (secondary N) is 1. The molecule has 31 heavy (non-hydrogen) atoms. The van der Waals surface area contributed by atoms with Crippen LogP contribution in [0.15, 0.2) is 53.4 Å². The highest BCUT2D eigenvalue weighted by molar-refractivity contribution is 8.00. The Morgan fingerprint density at radius 1 is 1.10 bits per heavy atom. The highest BCUT2D eigenvalue weighted by atomic mass is 35.5. The van der Waals surface area contributed by atoms with E-state index in [0.717, 1.165) is 41.7 Å². The van der Waals surface area contributed by atoms with Crippen LogP contribution in [0.2, 0.25) is 5.02 Å². The third-order valence-corrected chi connectivity index (χ3v) is 7.15. The van der Waals surface area contributed by atoms with Gasteiger partial charge in [-0.05, 0) is 62.1 Å². The maximum absolute atomic E-state index is 13.2. The number of halogens is 1. The van der Waals surface area contributed by atoms with E-state index >= 15 is 0 Å². The van der Waals surface area contributed by atoms with Crippen LogP contribution in [0.4, 0.5) is 0 Å². The van der Waals surface area contributed by atoms with Crippen molar-refractivity contribution in [3.63, 3.8) is 0 Å². The summed E-state index contributed by atoms with van der Waals surface area (Å²) in [6, 6.07) is 15.2. The molecule has 0 bridgehead atoms. The molecule has 0 unspecified atom stereocenters. The van der Waals surface area contributed by atoms with Gasteiger partial charge in [-0.15, -0.1) is 11.8 Å². The van der Waals surface area contributed by atoms with E-state index in [1.54, 1.807) is 4.90 Å². The Morgan fingerprint density at radius 2 is 1.77 bits per heavy atom. The van der Waals surface area contributed by atoms with Crippen LogP contribution < -0.4 is 5.32 Å². The highest BCUT2D eigenvalue weighted by Crippen LogP contribution is 2.23. The molecule has 166 valence electrons. The van der Waals surface area contributed by atoms with E-state index in [1.165, 1.54) is 18.2 Å². The molecule has 1 aliphatic carbocycles. The molecule has 1 aliphatic rings. The van der Waals surface area contributed by atoms with Gasteiger partial charge >= 0.3 is 0 Å². The van der Waals surface area contributed by atoms with Crippen molar-refractivity contribution in [2.75, 3.05) is 5.75 Å². The summed E-state index contributed by atoms with van der Waals surface area (Å²) in [5, 5.41) is 3.85. The average Bonchev–Trinajstić information content (AvgIpc) is 2.78. The number of rotatable bonds is 8. The van der Waals surface area contributed by atoms with Crippen molar-refractivity contribution in [2.45, 2.75) is 69.5 Å². The van der Waals surface area contributed by atoms with E-state index in [9.17, 15) is 9.59 Å². The largest absolute Gasteiger partial charge is 0.352 e. The van der Waals surface area contributed by atoms with Crippen LogP contribution >= 0.6 is 23.4 Å². The normalized spacial score (nSPS) is 15.3. The monoisotopic (exact) mass is 458 g/mol. The highest BCUT2D eigenvalue weighted by Gasteiger charge is 2.28. The lowest BCUT2D eigenvalue weighted by Gasteiger charge is -2.31. The summed E-state index contributed by atoms with van der Waals surface area (Å²) in [4.78, 5) is 28.9. The second-order valence-corrected chi connectivity index (χ2v) is 9.70. The summed E-state index contributed by atoms with van der Waals surface area (Å²) in [6.07, 6.45) is 5.60. The summed E-state index contributed by atoms with van der Waals surface area (Å²) < 4.78 is 0. The van der Waals surface area contributed by atoms with E-state index < -0.39 is 6.04 Å². The number of aryl methyl sites for hydroxylation is 1. The fourth-order valence-corrected chi connectivity index (χ4v) is 4.79. The van der Waals surface area contributed by atoms with Gasteiger partial charge in [-0.25, -0.2) is 0 Å². The van der Waals surface area contributed by atoms with Gasteiger partial charge in [-0.2, -0.15) is 0 Å². The maximum Gasteiger partial charge on any atom is 0.242 e. The lowest BCUT2D eigenvalue weighted by molar-refractivity contribution is -0.139. The van der Waals surface area contributed by atoms with Crippen molar-refractivity contribution < 1.29 is 9.59 Å². The molecule has 1 fully saturated rings. The molecule has 0 radical (unpaired) electrons. The second kappa shape index (κ2) is 11.6. The summed E-state index contributed by atoms with van der Waals surface area (Å²) in [6.45, 7) is 4.29. The number of benzene rings is 2. The first kappa shape index (κ1) is 23.7. The number of hydrogen-bond acceptors (Lipinski definition) is 3. The smallest absolute Gasteiger partial charge is 0.242 e. The fraction of sp³-hybridized carbons (Fsp3) is 0.440. The molecule has 0 aromatic heterocycles.